The molecule has 2 aliphatic rings. The van der Waals surface area contributed by atoms with Crippen LogP contribution in [-0.2, 0) is 4.79 Å². The zero-order chi connectivity index (χ0) is 16.7. The highest BCUT2D eigenvalue weighted by Gasteiger charge is 2.36. The number of hydrogen-bond donors (Lipinski definition) is 1. The first-order valence-electron chi connectivity index (χ1n) is 8.56. The van der Waals surface area contributed by atoms with Crippen molar-refractivity contribution < 1.29 is 4.79 Å². The van der Waals surface area contributed by atoms with E-state index in [-0.39, 0.29) is 5.91 Å². The van der Waals surface area contributed by atoms with Gasteiger partial charge in [0.05, 0.1) is 5.75 Å². The number of aromatic nitrogens is 3. The first kappa shape index (κ1) is 15.7. The van der Waals surface area contributed by atoms with E-state index in [2.05, 4.69) is 26.1 Å². The van der Waals surface area contributed by atoms with Gasteiger partial charge in [0.2, 0.25) is 5.91 Å². The number of rotatable bonds is 6. The summed E-state index contributed by atoms with van der Waals surface area (Å²) in [6.07, 6.45) is 4.87. The fourth-order valence-corrected chi connectivity index (χ4v) is 3.68. The lowest BCUT2D eigenvalue weighted by Gasteiger charge is -2.10. The number of carbonyl (C=O) groups excluding carboxylic acids is 1. The smallest absolute Gasteiger partial charge is 0.234 e. The molecule has 0 unspecified atom stereocenters. The SMILES string of the molecule is Cc1ccc(C)c(NC(=O)CSc2nnc(C3CC3)n2C2CC2)c1. The van der Waals surface area contributed by atoms with Crippen LogP contribution in [0.5, 0.6) is 0 Å². The quantitative estimate of drug-likeness (QED) is 0.810. The summed E-state index contributed by atoms with van der Waals surface area (Å²) in [6.45, 7) is 4.04. The molecule has 1 N–H and O–H groups in total. The molecule has 24 heavy (non-hydrogen) atoms. The third-order valence-corrected chi connectivity index (χ3v) is 5.49. The number of anilines is 1. The van der Waals surface area contributed by atoms with Gasteiger partial charge < -0.3 is 9.88 Å². The second kappa shape index (κ2) is 6.24. The van der Waals surface area contributed by atoms with E-state index in [1.807, 2.05) is 26.0 Å². The summed E-state index contributed by atoms with van der Waals surface area (Å²) in [6, 6.07) is 6.65. The molecule has 1 amide bonds. The fourth-order valence-electron chi connectivity index (χ4n) is 2.87. The van der Waals surface area contributed by atoms with Crippen LogP contribution in [0.3, 0.4) is 0 Å². The lowest BCUT2D eigenvalue weighted by Crippen LogP contribution is -2.15. The van der Waals surface area contributed by atoms with Crippen molar-refractivity contribution in [3.8, 4) is 0 Å². The van der Waals surface area contributed by atoms with Crippen LogP contribution in [0.25, 0.3) is 0 Å². The summed E-state index contributed by atoms with van der Waals surface area (Å²) < 4.78 is 2.29. The predicted octanol–water partition coefficient (Wildman–Crippen LogP) is 3.84. The minimum absolute atomic E-state index is 0.00650. The van der Waals surface area contributed by atoms with Gasteiger partial charge in [0.25, 0.3) is 0 Å². The van der Waals surface area contributed by atoms with Gasteiger partial charge in [-0.05, 0) is 56.7 Å². The molecule has 0 saturated heterocycles. The maximum Gasteiger partial charge on any atom is 0.234 e. The van der Waals surface area contributed by atoms with Gasteiger partial charge in [-0.3, -0.25) is 4.79 Å². The minimum Gasteiger partial charge on any atom is -0.325 e. The van der Waals surface area contributed by atoms with Crippen molar-refractivity contribution in [1.29, 1.82) is 0 Å². The first-order valence-corrected chi connectivity index (χ1v) is 9.55. The molecule has 0 spiro atoms. The van der Waals surface area contributed by atoms with E-state index in [0.29, 0.717) is 17.7 Å². The van der Waals surface area contributed by atoms with Crippen molar-refractivity contribution in [2.24, 2.45) is 0 Å². The van der Waals surface area contributed by atoms with Gasteiger partial charge in [0.15, 0.2) is 5.16 Å². The summed E-state index contributed by atoms with van der Waals surface area (Å²) in [5, 5.41) is 12.6. The Bertz CT molecular complexity index is 777. The number of aryl methyl sites for hydroxylation is 2. The lowest BCUT2D eigenvalue weighted by atomic mass is 10.1. The van der Waals surface area contributed by atoms with E-state index in [1.54, 1.807) is 0 Å². The maximum absolute atomic E-state index is 12.3. The van der Waals surface area contributed by atoms with Crippen LogP contribution >= 0.6 is 11.8 Å². The maximum atomic E-state index is 12.3. The molecule has 1 aromatic carbocycles. The van der Waals surface area contributed by atoms with Crippen LogP contribution in [0.15, 0.2) is 23.4 Å². The summed E-state index contributed by atoms with van der Waals surface area (Å²) in [5.41, 5.74) is 3.12. The number of hydrogen-bond acceptors (Lipinski definition) is 4. The molecule has 0 bridgehead atoms. The van der Waals surface area contributed by atoms with Crippen molar-refractivity contribution in [3.05, 3.63) is 35.2 Å². The van der Waals surface area contributed by atoms with E-state index < -0.39 is 0 Å². The second-order valence-corrected chi connectivity index (χ2v) is 7.81. The molecule has 0 radical (unpaired) electrons. The molecule has 2 saturated carbocycles. The molecule has 5 nitrogen and oxygen atoms in total. The Morgan fingerprint density at radius 2 is 2.04 bits per heavy atom. The normalized spacial score (nSPS) is 17.1. The Balaban J connectivity index is 1.41. The van der Waals surface area contributed by atoms with Gasteiger partial charge >= 0.3 is 0 Å². The summed E-state index contributed by atoms with van der Waals surface area (Å²) in [4.78, 5) is 12.3. The summed E-state index contributed by atoms with van der Waals surface area (Å²) in [5.74, 6) is 2.10. The Kier molecular flexibility index (Phi) is 4.08. The molecular formula is C18H22N4OS. The highest BCUT2D eigenvalue weighted by molar-refractivity contribution is 7.99. The third-order valence-electron chi connectivity index (χ3n) is 4.54. The van der Waals surface area contributed by atoms with E-state index in [0.717, 1.165) is 27.8 Å². The monoisotopic (exact) mass is 342 g/mol. The van der Waals surface area contributed by atoms with E-state index >= 15 is 0 Å². The Morgan fingerprint density at radius 3 is 2.75 bits per heavy atom. The molecule has 1 aromatic heterocycles. The van der Waals surface area contributed by atoms with Crippen molar-refractivity contribution in [2.75, 3.05) is 11.1 Å². The van der Waals surface area contributed by atoms with E-state index in [1.165, 1.54) is 37.4 Å². The molecule has 1 heterocycles. The largest absolute Gasteiger partial charge is 0.325 e. The van der Waals surface area contributed by atoms with Gasteiger partial charge in [-0.25, -0.2) is 0 Å². The molecule has 126 valence electrons. The average molecular weight is 342 g/mol. The standard InChI is InChI=1S/C18H22N4OS/c1-11-3-4-12(2)15(9-11)19-16(23)10-24-18-21-20-17(13-5-6-13)22(18)14-7-8-14/h3-4,9,13-14H,5-8,10H2,1-2H3,(H,19,23). The van der Waals surface area contributed by atoms with Crippen LogP contribution in [-0.4, -0.2) is 26.4 Å². The number of carbonyl (C=O) groups is 1. The predicted molar refractivity (Wildman–Crippen MR) is 95.5 cm³/mol. The van der Waals surface area contributed by atoms with Crippen molar-refractivity contribution >= 4 is 23.4 Å². The first-order chi connectivity index (χ1) is 11.6. The average Bonchev–Trinajstić information content (AvgIpc) is 3.47. The minimum atomic E-state index is 0.00650. The van der Waals surface area contributed by atoms with Gasteiger partial charge in [0, 0.05) is 17.6 Å². The van der Waals surface area contributed by atoms with E-state index in [9.17, 15) is 4.79 Å². The van der Waals surface area contributed by atoms with Gasteiger partial charge in [-0.1, -0.05) is 23.9 Å². The molecule has 2 aliphatic carbocycles. The topological polar surface area (TPSA) is 59.8 Å². The summed E-state index contributed by atoms with van der Waals surface area (Å²) >= 11 is 1.50. The molecular weight excluding hydrogens is 320 g/mol. The fraction of sp³-hybridized carbons (Fsp3) is 0.500. The summed E-state index contributed by atoms with van der Waals surface area (Å²) in [7, 11) is 0. The van der Waals surface area contributed by atoms with E-state index in [4.69, 9.17) is 0 Å². The van der Waals surface area contributed by atoms with Gasteiger partial charge in [-0.15, -0.1) is 10.2 Å². The van der Waals surface area contributed by atoms with Crippen LogP contribution in [0.4, 0.5) is 5.69 Å². The second-order valence-electron chi connectivity index (χ2n) is 6.87. The molecule has 4 rings (SSSR count). The molecule has 0 aliphatic heterocycles. The van der Waals surface area contributed by atoms with Gasteiger partial charge in [-0.2, -0.15) is 0 Å². The highest BCUT2D eigenvalue weighted by atomic mass is 32.2. The number of amides is 1. The van der Waals surface area contributed by atoms with Crippen LogP contribution in [0.2, 0.25) is 0 Å². The van der Waals surface area contributed by atoms with Crippen molar-refractivity contribution in [3.63, 3.8) is 0 Å². The van der Waals surface area contributed by atoms with Crippen LogP contribution in [0.1, 0.15) is 54.6 Å². The lowest BCUT2D eigenvalue weighted by molar-refractivity contribution is -0.113. The Labute approximate surface area is 146 Å². The highest BCUT2D eigenvalue weighted by Crippen LogP contribution is 2.45. The number of nitrogens with one attached hydrogen (secondary N) is 1. The van der Waals surface area contributed by atoms with Crippen LogP contribution in [0, 0.1) is 13.8 Å². The van der Waals surface area contributed by atoms with Crippen molar-refractivity contribution in [2.45, 2.75) is 56.6 Å². The Hall–Kier alpha value is -1.82. The number of nitrogens with zero attached hydrogens (tertiary/aromatic N) is 3. The van der Waals surface area contributed by atoms with Gasteiger partial charge in [0.1, 0.15) is 5.82 Å². The van der Waals surface area contributed by atoms with Crippen LogP contribution < -0.4 is 5.32 Å². The molecule has 0 atom stereocenters. The molecule has 2 aromatic rings. The number of benzene rings is 1. The number of thioether (sulfide) groups is 1. The molecule has 2 fully saturated rings. The Morgan fingerprint density at radius 1 is 1.25 bits per heavy atom. The van der Waals surface area contributed by atoms with Crippen molar-refractivity contribution in [1.82, 2.24) is 14.8 Å². The zero-order valence-electron chi connectivity index (χ0n) is 14.1. The zero-order valence-corrected chi connectivity index (χ0v) is 14.9. The third kappa shape index (κ3) is 3.34. The molecule has 6 heteroatoms.